The van der Waals surface area contributed by atoms with Gasteiger partial charge in [0.15, 0.2) is 11.6 Å². The van der Waals surface area contributed by atoms with E-state index in [4.69, 9.17) is 0 Å². The molecule has 0 heterocycles. The molecule has 1 aliphatic carbocycles. The molecule has 3 heteroatoms. The standard InChI is InChI=1S/C21H25NO2/c1-4-7-15(2)21(22-3)20(24)13-12-19(23)18-11-10-16-8-5-6-9-17(16)14-18/h4,7,10-11,14H,3,5-6,8-9,12-13H2,1-2H3/b7-4-,21-15-. The van der Waals surface area contributed by atoms with Gasteiger partial charge in [-0.05, 0) is 69.0 Å². The van der Waals surface area contributed by atoms with Crippen molar-refractivity contribution in [2.75, 3.05) is 0 Å². The largest absolute Gasteiger partial charge is 0.294 e. The van der Waals surface area contributed by atoms with Gasteiger partial charge >= 0.3 is 0 Å². The summed E-state index contributed by atoms with van der Waals surface area (Å²) < 4.78 is 0. The van der Waals surface area contributed by atoms with E-state index in [1.807, 2.05) is 38.1 Å². The van der Waals surface area contributed by atoms with Crippen LogP contribution in [0.1, 0.15) is 61.0 Å². The molecule has 3 nitrogen and oxygen atoms in total. The van der Waals surface area contributed by atoms with Crippen molar-refractivity contribution in [1.82, 2.24) is 0 Å². The van der Waals surface area contributed by atoms with Gasteiger partial charge in [-0.1, -0.05) is 24.3 Å². The van der Waals surface area contributed by atoms with Crippen molar-refractivity contribution in [1.29, 1.82) is 0 Å². The van der Waals surface area contributed by atoms with Crippen LogP contribution in [0.25, 0.3) is 0 Å². The Labute approximate surface area is 144 Å². The Bertz CT molecular complexity index is 711. The summed E-state index contributed by atoms with van der Waals surface area (Å²) in [6, 6.07) is 5.97. The van der Waals surface area contributed by atoms with Gasteiger partial charge in [0, 0.05) is 18.4 Å². The smallest absolute Gasteiger partial charge is 0.181 e. The highest BCUT2D eigenvalue weighted by atomic mass is 16.1. The molecular weight excluding hydrogens is 298 g/mol. The highest BCUT2D eigenvalue weighted by molar-refractivity contribution is 6.02. The van der Waals surface area contributed by atoms with Gasteiger partial charge in [-0.25, -0.2) is 0 Å². The van der Waals surface area contributed by atoms with Crippen LogP contribution in [-0.2, 0) is 17.6 Å². The van der Waals surface area contributed by atoms with Crippen LogP contribution < -0.4 is 0 Å². The first-order valence-electron chi connectivity index (χ1n) is 8.55. The first-order chi connectivity index (χ1) is 11.6. The summed E-state index contributed by atoms with van der Waals surface area (Å²) in [5.74, 6) is -0.115. The first-order valence-corrected chi connectivity index (χ1v) is 8.55. The molecule has 0 amide bonds. The van der Waals surface area contributed by atoms with Crippen LogP contribution in [0.5, 0.6) is 0 Å². The number of Topliss-reactive ketones (excluding diaryl/α,β-unsaturated/α-hetero) is 2. The lowest BCUT2D eigenvalue weighted by Crippen LogP contribution is -2.09. The zero-order valence-electron chi connectivity index (χ0n) is 14.6. The lowest BCUT2D eigenvalue weighted by atomic mass is 9.89. The van der Waals surface area contributed by atoms with Gasteiger partial charge in [0.25, 0.3) is 0 Å². The maximum absolute atomic E-state index is 12.4. The molecule has 1 aromatic carbocycles. The second-order valence-corrected chi connectivity index (χ2v) is 6.23. The molecule has 0 saturated carbocycles. The Morgan fingerprint density at radius 3 is 2.54 bits per heavy atom. The third-order valence-electron chi connectivity index (χ3n) is 4.46. The van der Waals surface area contributed by atoms with Crippen LogP contribution in [0.15, 0.2) is 46.6 Å². The van der Waals surface area contributed by atoms with Gasteiger partial charge < -0.3 is 0 Å². The fraction of sp³-hybridized carbons (Fsp3) is 0.381. The maximum Gasteiger partial charge on any atom is 0.181 e. The van der Waals surface area contributed by atoms with Crippen molar-refractivity contribution in [3.05, 3.63) is 58.3 Å². The van der Waals surface area contributed by atoms with Crippen molar-refractivity contribution >= 4 is 18.3 Å². The second kappa shape index (κ2) is 8.53. The van der Waals surface area contributed by atoms with Crippen LogP contribution in [0.2, 0.25) is 0 Å². The SMILES string of the molecule is C=N/C(C(=O)CCC(=O)c1ccc2c(c1)CCCC2)=C(C)\C=C/C. The van der Waals surface area contributed by atoms with E-state index in [0.717, 1.165) is 18.4 Å². The first kappa shape index (κ1) is 18.1. The molecule has 0 aromatic heterocycles. The van der Waals surface area contributed by atoms with E-state index in [0.29, 0.717) is 11.3 Å². The van der Waals surface area contributed by atoms with E-state index in [9.17, 15) is 9.59 Å². The van der Waals surface area contributed by atoms with E-state index in [-0.39, 0.29) is 24.4 Å². The molecule has 126 valence electrons. The molecule has 0 bridgehead atoms. The van der Waals surface area contributed by atoms with Gasteiger partial charge in [-0.2, -0.15) is 0 Å². The molecule has 0 fully saturated rings. The van der Waals surface area contributed by atoms with Crippen LogP contribution in [-0.4, -0.2) is 18.3 Å². The molecule has 0 aliphatic heterocycles. The second-order valence-electron chi connectivity index (χ2n) is 6.23. The van der Waals surface area contributed by atoms with Crippen LogP contribution in [0.3, 0.4) is 0 Å². The number of benzene rings is 1. The monoisotopic (exact) mass is 323 g/mol. The summed E-state index contributed by atoms with van der Waals surface area (Å²) >= 11 is 0. The molecular formula is C21H25NO2. The number of carbonyl (C=O) groups excluding carboxylic acids is 2. The minimum Gasteiger partial charge on any atom is -0.294 e. The Kier molecular flexibility index (Phi) is 6.42. The Morgan fingerprint density at radius 2 is 1.88 bits per heavy atom. The molecule has 0 N–H and O–H groups in total. The van der Waals surface area contributed by atoms with Crippen molar-refractivity contribution in [2.45, 2.75) is 52.4 Å². The van der Waals surface area contributed by atoms with E-state index >= 15 is 0 Å². The number of carbonyl (C=O) groups is 2. The normalized spacial score (nSPS) is 14.9. The van der Waals surface area contributed by atoms with E-state index < -0.39 is 0 Å². The quantitative estimate of drug-likeness (QED) is 0.317. The van der Waals surface area contributed by atoms with Crippen molar-refractivity contribution in [2.24, 2.45) is 4.99 Å². The summed E-state index contributed by atoms with van der Waals surface area (Å²) in [5, 5.41) is 0. The minimum absolute atomic E-state index is 0.0174. The molecule has 0 unspecified atom stereocenters. The summed E-state index contributed by atoms with van der Waals surface area (Å²) in [5.41, 5.74) is 4.49. The Morgan fingerprint density at radius 1 is 1.17 bits per heavy atom. The average molecular weight is 323 g/mol. The lowest BCUT2D eigenvalue weighted by molar-refractivity contribution is -0.115. The molecule has 2 rings (SSSR count). The molecule has 1 aliphatic rings. The Balaban J connectivity index is 2.04. The summed E-state index contributed by atoms with van der Waals surface area (Å²) in [6.45, 7) is 7.18. The highest BCUT2D eigenvalue weighted by Crippen LogP contribution is 2.23. The van der Waals surface area contributed by atoms with Gasteiger partial charge in [0.2, 0.25) is 0 Å². The van der Waals surface area contributed by atoms with Crippen LogP contribution in [0, 0.1) is 0 Å². The fourth-order valence-corrected chi connectivity index (χ4v) is 3.16. The zero-order valence-corrected chi connectivity index (χ0v) is 14.6. The number of fused-ring (bicyclic) bond motifs is 1. The number of hydrogen-bond acceptors (Lipinski definition) is 3. The summed E-state index contributed by atoms with van der Waals surface area (Å²) in [7, 11) is 0. The molecule has 0 spiro atoms. The zero-order chi connectivity index (χ0) is 17.5. The number of aliphatic imine (C=N–C) groups is 1. The molecule has 24 heavy (non-hydrogen) atoms. The van der Waals surface area contributed by atoms with Crippen molar-refractivity contribution in [3.8, 4) is 0 Å². The average Bonchev–Trinajstić information content (AvgIpc) is 2.60. The number of ketones is 2. The van der Waals surface area contributed by atoms with E-state index in [1.165, 1.54) is 24.0 Å². The third kappa shape index (κ3) is 4.38. The van der Waals surface area contributed by atoms with Crippen molar-refractivity contribution in [3.63, 3.8) is 0 Å². The number of nitrogens with zero attached hydrogens (tertiary/aromatic N) is 1. The lowest BCUT2D eigenvalue weighted by Gasteiger charge is -2.16. The summed E-state index contributed by atoms with van der Waals surface area (Å²) in [6.07, 6.45) is 8.62. The van der Waals surface area contributed by atoms with Gasteiger partial charge in [0.05, 0.1) is 0 Å². The predicted molar refractivity (Wildman–Crippen MR) is 98.7 cm³/mol. The minimum atomic E-state index is -0.132. The van der Waals surface area contributed by atoms with Crippen LogP contribution >= 0.6 is 0 Å². The van der Waals surface area contributed by atoms with Gasteiger partial charge in [-0.3, -0.25) is 14.6 Å². The van der Waals surface area contributed by atoms with Gasteiger partial charge in [0.1, 0.15) is 5.70 Å². The van der Waals surface area contributed by atoms with E-state index in [2.05, 4.69) is 17.8 Å². The molecule has 0 radical (unpaired) electrons. The number of aryl methyl sites for hydroxylation is 2. The van der Waals surface area contributed by atoms with Crippen molar-refractivity contribution < 1.29 is 9.59 Å². The maximum atomic E-state index is 12.4. The number of allylic oxidation sites excluding steroid dienone is 4. The Hall–Kier alpha value is -2.29. The molecule has 1 aromatic rings. The molecule has 0 atom stereocenters. The summed E-state index contributed by atoms with van der Waals surface area (Å²) in [4.78, 5) is 28.5. The molecule has 0 saturated heterocycles. The fourth-order valence-electron chi connectivity index (χ4n) is 3.16. The number of hydrogen-bond donors (Lipinski definition) is 0. The van der Waals surface area contributed by atoms with Gasteiger partial charge in [-0.15, -0.1) is 0 Å². The predicted octanol–water partition coefficient (Wildman–Crippen LogP) is 4.65. The van der Waals surface area contributed by atoms with E-state index in [1.54, 1.807) is 0 Å². The van der Waals surface area contributed by atoms with Crippen LogP contribution in [0.4, 0.5) is 0 Å². The highest BCUT2D eigenvalue weighted by Gasteiger charge is 2.16. The third-order valence-corrected chi connectivity index (χ3v) is 4.46. The number of rotatable bonds is 7. The topological polar surface area (TPSA) is 46.5 Å².